The molecule has 0 radical (unpaired) electrons. The number of benzene rings is 2. The van der Waals surface area contributed by atoms with E-state index < -0.39 is 35.9 Å². The molecule has 0 spiro atoms. The maximum atomic E-state index is 12.9. The molecule has 1 heterocycles. The van der Waals surface area contributed by atoms with E-state index in [2.05, 4.69) is 15.6 Å². The number of hydrogen-bond donors (Lipinski definition) is 1. The monoisotopic (exact) mass is 392 g/mol. The minimum atomic E-state index is -4.62. The molecule has 0 atom stereocenters. The summed E-state index contributed by atoms with van der Waals surface area (Å²) >= 11 is 0. The van der Waals surface area contributed by atoms with Gasteiger partial charge in [-0.1, -0.05) is 17.3 Å². The Morgan fingerprint density at radius 3 is 2.64 bits per heavy atom. The predicted molar refractivity (Wildman–Crippen MR) is 93.6 cm³/mol. The Bertz CT molecular complexity index is 1030. The van der Waals surface area contributed by atoms with Crippen molar-refractivity contribution >= 4 is 28.6 Å². The highest BCUT2D eigenvalue weighted by Gasteiger charge is 2.33. The highest BCUT2D eigenvalue weighted by Crippen LogP contribution is 2.34. The van der Waals surface area contributed by atoms with Crippen LogP contribution in [0.25, 0.3) is 11.0 Å². The van der Waals surface area contributed by atoms with Gasteiger partial charge >= 0.3 is 12.1 Å². The molecule has 0 aliphatic heterocycles. The number of hydrogen-bond acceptors (Lipinski definition) is 5. The molecule has 0 bridgehead atoms. The number of alkyl halides is 3. The number of carbonyl (C=O) groups excluding carboxylic acids is 2. The fraction of sp³-hybridized carbons (Fsp3) is 0.222. The fourth-order valence-corrected chi connectivity index (χ4v) is 2.57. The number of ether oxygens (including phenoxy) is 1. The lowest BCUT2D eigenvalue weighted by Crippen LogP contribution is -2.22. The number of aromatic nitrogens is 3. The lowest BCUT2D eigenvalue weighted by Gasteiger charge is -2.13. The molecule has 1 amide bonds. The molecule has 28 heavy (non-hydrogen) atoms. The van der Waals surface area contributed by atoms with Gasteiger partial charge in [0, 0.05) is 6.54 Å². The average Bonchev–Trinajstić information content (AvgIpc) is 3.08. The third-order valence-corrected chi connectivity index (χ3v) is 3.89. The summed E-state index contributed by atoms with van der Waals surface area (Å²) in [6.45, 7) is 1.77. The molecule has 2 aromatic carbocycles. The Balaban J connectivity index is 1.64. The first-order valence-corrected chi connectivity index (χ1v) is 8.26. The van der Waals surface area contributed by atoms with Crippen LogP contribution in [0.2, 0.25) is 0 Å². The molecule has 1 N–H and O–H groups in total. The highest BCUT2D eigenvalue weighted by molar-refractivity contribution is 5.97. The summed E-state index contributed by atoms with van der Waals surface area (Å²) < 4.78 is 45.4. The van der Waals surface area contributed by atoms with E-state index in [4.69, 9.17) is 4.74 Å². The minimum Gasteiger partial charge on any atom is -0.452 e. The zero-order valence-electron chi connectivity index (χ0n) is 14.7. The molecule has 7 nitrogen and oxygen atoms in total. The number of nitrogens with one attached hydrogen (secondary N) is 1. The number of halogens is 3. The average molecular weight is 392 g/mol. The molecule has 0 saturated heterocycles. The van der Waals surface area contributed by atoms with Crippen LogP contribution in [0.4, 0.5) is 18.9 Å². The van der Waals surface area contributed by atoms with Gasteiger partial charge in [-0.15, -0.1) is 5.10 Å². The molecule has 0 saturated carbocycles. The van der Waals surface area contributed by atoms with Crippen LogP contribution in [0.3, 0.4) is 0 Å². The van der Waals surface area contributed by atoms with Crippen molar-refractivity contribution in [1.82, 2.24) is 15.0 Å². The number of aryl methyl sites for hydroxylation is 1. The summed E-state index contributed by atoms with van der Waals surface area (Å²) in [6, 6.07) is 9.15. The van der Waals surface area contributed by atoms with E-state index in [1.54, 1.807) is 10.7 Å². The van der Waals surface area contributed by atoms with Gasteiger partial charge in [0.05, 0.1) is 22.3 Å². The van der Waals surface area contributed by atoms with Gasteiger partial charge in [-0.2, -0.15) is 13.2 Å². The van der Waals surface area contributed by atoms with Crippen LogP contribution in [-0.4, -0.2) is 33.5 Å². The number of rotatable bonds is 5. The quantitative estimate of drug-likeness (QED) is 0.674. The summed E-state index contributed by atoms with van der Waals surface area (Å²) in [5.41, 5.74) is -0.0210. The number of fused-ring (bicyclic) bond motifs is 1. The number of nitrogens with zero attached hydrogens (tertiary/aromatic N) is 3. The molecule has 3 aromatic rings. The molecular formula is C18H15F3N4O3. The summed E-state index contributed by atoms with van der Waals surface area (Å²) in [6.07, 6.45) is -4.62. The zero-order chi connectivity index (χ0) is 20.3. The molecule has 3 rings (SSSR count). The number of amides is 1. The van der Waals surface area contributed by atoms with Gasteiger partial charge in [-0.05, 0) is 37.3 Å². The van der Waals surface area contributed by atoms with Gasteiger partial charge < -0.3 is 10.1 Å². The first-order chi connectivity index (χ1) is 13.3. The van der Waals surface area contributed by atoms with Crippen LogP contribution in [0.15, 0.2) is 42.5 Å². The lowest BCUT2D eigenvalue weighted by molar-refractivity contribution is -0.137. The second-order valence-corrected chi connectivity index (χ2v) is 5.78. The third-order valence-electron chi connectivity index (χ3n) is 3.89. The van der Waals surface area contributed by atoms with Crippen molar-refractivity contribution in [2.45, 2.75) is 19.6 Å². The van der Waals surface area contributed by atoms with E-state index in [-0.39, 0.29) is 5.56 Å². The van der Waals surface area contributed by atoms with Crippen LogP contribution < -0.4 is 5.32 Å². The Morgan fingerprint density at radius 1 is 1.18 bits per heavy atom. The van der Waals surface area contributed by atoms with Crippen LogP contribution in [0, 0.1) is 0 Å². The molecule has 146 valence electrons. The molecule has 0 aliphatic rings. The number of esters is 1. The molecule has 10 heteroatoms. The van der Waals surface area contributed by atoms with Crippen LogP contribution in [-0.2, 0) is 22.3 Å². The number of carbonyl (C=O) groups is 2. The summed E-state index contributed by atoms with van der Waals surface area (Å²) in [4.78, 5) is 24.0. The molecule has 0 fully saturated rings. The van der Waals surface area contributed by atoms with E-state index in [0.29, 0.717) is 12.1 Å². The van der Waals surface area contributed by atoms with Crippen LogP contribution in [0.5, 0.6) is 0 Å². The second-order valence-electron chi connectivity index (χ2n) is 5.78. The van der Waals surface area contributed by atoms with Crippen molar-refractivity contribution in [3.05, 3.63) is 53.6 Å². The second kappa shape index (κ2) is 7.67. The lowest BCUT2D eigenvalue weighted by atomic mass is 10.1. The largest absolute Gasteiger partial charge is 0.452 e. The van der Waals surface area contributed by atoms with Crippen LogP contribution >= 0.6 is 0 Å². The Morgan fingerprint density at radius 2 is 1.93 bits per heavy atom. The smallest absolute Gasteiger partial charge is 0.418 e. The first-order valence-electron chi connectivity index (χ1n) is 8.26. The van der Waals surface area contributed by atoms with Gasteiger partial charge in [-0.3, -0.25) is 4.79 Å². The van der Waals surface area contributed by atoms with E-state index in [9.17, 15) is 22.8 Å². The van der Waals surface area contributed by atoms with Crippen molar-refractivity contribution in [3.63, 3.8) is 0 Å². The number of para-hydroxylation sites is 1. The zero-order valence-corrected chi connectivity index (χ0v) is 14.7. The SMILES string of the molecule is CCn1nnc2cc(C(=O)OCC(=O)Nc3ccccc3C(F)(F)F)ccc21. The number of anilines is 1. The van der Waals surface area contributed by atoms with E-state index in [1.807, 2.05) is 6.92 Å². The van der Waals surface area contributed by atoms with Crippen molar-refractivity contribution in [3.8, 4) is 0 Å². The Kier molecular flexibility index (Phi) is 5.30. The minimum absolute atomic E-state index is 0.152. The fourth-order valence-electron chi connectivity index (χ4n) is 2.57. The first kappa shape index (κ1) is 19.3. The van der Waals surface area contributed by atoms with Crippen molar-refractivity contribution in [2.24, 2.45) is 0 Å². The van der Waals surface area contributed by atoms with E-state index in [1.165, 1.54) is 24.3 Å². The molecule has 0 aliphatic carbocycles. The molecule has 1 aromatic heterocycles. The van der Waals surface area contributed by atoms with Crippen molar-refractivity contribution in [1.29, 1.82) is 0 Å². The third kappa shape index (κ3) is 4.11. The standard InChI is InChI=1S/C18H15F3N4O3/c1-2-25-15-8-7-11(9-14(15)23-24-25)17(27)28-10-16(26)22-13-6-4-3-5-12(13)18(19,20)21/h3-9H,2,10H2,1H3,(H,22,26). The van der Waals surface area contributed by atoms with E-state index >= 15 is 0 Å². The van der Waals surface area contributed by atoms with E-state index in [0.717, 1.165) is 17.6 Å². The predicted octanol–water partition coefficient (Wildman–Crippen LogP) is 3.27. The summed E-state index contributed by atoms with van der Waals surface area (Å²) in [5, 5.41) is 9.96. The van der Waals surface area contributed by atoms with Gasteiger partial charge in [0.25, 0.3) is 5.91 Å². The van der Waals surface area contributed by atoms with Gasteiger partial charge in [0.1, 0.15) is 5.52 Å². The molecular weight excluding hydrogens is 377 g/mol. The Labute approximate surface area is 157 Å². The van der Waals surface area contributed by atoms with Gasteiger partial charge in [0.2, 0.25) is 0 Å². The highest BCUT2D eigenvalue weighted by atomic mass is 19.4. The maximum absolute atomic E-state index is 12.9. The van der Waals surface area contributed by atoms with Gasteiger partial charge in [0.15, 0.2) is 6.61 Å². The Hall–Kier alpha value is -3.43. The van der Waals surface area contributed by atoms with Crippen LogP contribution in [0.1, 0.15) is 22.8 Å². The van der Waals surface area contributed by atoms with Crippen molar-refractivity contribution < 1.29 is 27.5 Å². The summed E-state index contributed by atoms with van der Waals surface area (Å²) in [5.74, 6) is -1.68. The molecule has 0 unspecified atom stereocenters. The van der Waals surface area contributed by atoms with Crippen molar-refractivity contribution in [2.75, 3.05) is 11.9 Å². The summed E-state index contributed by atoms with van der Waals surface area (Å²) in [7, 11) is 0. The topological polar surface area (TPSA) is 86.1 Å². The maximum Gasteiger partial charge on any atom is 0.418 e. The normalized spacial score (nSPS) is 11.4. The van der Waals surface area contributed by atoms with Gasteiger partial charge in [-0.25, -0.2) is 9.48 Å².